The lowest BCUT2D eigenvalue weighted by atomic mass is 10.2. The number of amides is 1. The average Bonchev–Trinajstić information content (AvgIpc) is 3.28. The second-order valence-corrected chi connectivity index (χ2v) is 7.14. The fourth-order valence-corrected chi connectivity index (χ4v) is 3.10. The van der Waals surface area contributed by atoms with Crippen LogP contribution in [0.2, 0.25) is 5.02 Å². The molecular weight excluding hydrogens is 467 g/mol. The number of carbonyl (C=O) groups excluding carboxylic acids is 1. The van der Waals surface area contributed by atoms with Crippen molar-refractivity contribution < 1.29 is 28.3 Å². The molecule has 0 saturated heterocycles. The third-order valence-electron chi connectivity index (χ3n) is 4.48. The summed E-state index contributed by atoms with van der Waals surface area (Å²) in [6, 6.07) is 10.7. The third kappa shape index (κ3) is 5.17. The predicted molar refractivity (Wildman–Crippen MR) is 121 cm³/mol. The zero-order valence-corrected chi connectivity index (χ0v) is 18.3. The first-order chi connectivity index (χ1) is 16.5. The fourth-order valence-electron chi connectivity index (χ4n) is 2.92. The largest absolute Gasteiger partial charge is 0.493 e. The normalized spacial score (nSPS) is 10.4. The Labute approximate surface area is 197 Å². The van der Waals surface area contributed by atoms with E-state index in [-0.39, 0.29) is 23.2 Å². The summed E-state index contributed by atoms with van der Waals surface area (Å²) in [5.41, 5.74) is 2.60. The number of nitrogens with one attached hydrogen (secondary N) is 2. The summed E-state index contributed by atoms with van der Waals surface area (Å²) in [6.07, 6.45) is 1.19. The van der Waals surface area contributed by atoms with Crippen LogP contribution in [0, 0.1) is 17.7 Å². The maximum Gasteiger partial charge on any atom is 0.291 e. The molecular formula is C23H16ClFN4O5. The van der Waals surface area contributed by atoms with Crippen LogP contribution in [-0.4, -0.2) is 28.2 Å². The van der Waals surface area contributed by atoms with Gasteiger partial charge in [0.15, 0.2) is 17.3 Å². The summed E-state index contributed by atoms with van der Waals surface area (Å²) >= 11 is 5.87. The van der Waals surface area contributed by atoms with Gasteiger partial charge in [0.2, 0.25) is 0 Å². The van der Waals surface area contributed by atoms with Crippen molar-refractivity contribution in [1.29, 1.82) is 0 Å². The van der Waals surface area contributed by atoms with Crippen LogP contribution in [0.15, 0.2) is 53.2 Å². The van der Waals surface area contributed by atoms with Crippen LogP contribution in [0.4, 0.5) is 15.9 Å². The first kappa shape index (κ1) is 22.8. The molecule has 0 spiro atoms. The van der Waals surface area contributed by atoms with Gasteiger partial charge in [-0.1, -0.05) is 17.5 Å². The van der Waals surface area contributed by atoms with Crippen molar-refractivity contribution in [3.05, 3.63) is 65.4 Å². The van der Waals surface area contributed by atoms with E-state index in [1.54, 1.807) is 24.3 Å². The van der Waals surface area contributed by atoms with E-state index in [0.29, 0.717) is 33.9 Å². The number of furan rings is 1. The number of nitrogens with zero attached hydrogens (tertiary/aromatic N) is 2. The number of ether oxygens (including phenoxy) is 2. The van der Waals surface area contributed by atoms with E-state index in [9.17, 15) is 9.18 Å². The second kappa shape index (κ2) is 10.1. The van der Waals surface area contributed by atoms with E-state index < -0.39 is 11.7 Å². The smallest absolute Gasteiger partial charge is 0.291 e. The van der Waals surface area contributed by atoms with Gasteiger partial charge >= 0.3 is 0 Å². The number of rotatable bonds is 6. The lowest BCUT2D eigenvalue weighted by Crippen LogP contribution is -2.16. The molecule has 4 rings (SSSR count). The van der Waals surface area contributed by atoms with Gasteiger partial charge < -0.3 is 19.2 Å². The van der Waals surface area contributed by atoms with E-state index >= 15 is 0 Å². The molecule has 34 heavy (non-hydrogen) atoms. The molecule has 2 heterocycles. The lowest BCUT2D eigenvalue weighted by Gasteiger charge is -2.13. The molecule has 0 unspecified atom stereocenters. The molecule has 3 N–H and O–H groups in total. The third-order valence-corrected chi connectivity index (χ3v) is 4.77. The molecule has 0 aliphatic rings. The van der Waals surface area contributed by atoms with Gasteiger partial charge in [-0.05, 0) is 36.3 Å². The zero-order valence-electron chi connectivity index (χ0n) is 17.6. The van der Waals surface area contributed by atoms with Crippen molar-refractivity contribution in [2.75, 3.05) is 12.4 Å². The topological polar surface area (TPSA) is 119 Å². The number of hydrogen-bond donors (Lipinski definition) is 3. The molecule has 4 aromatic rings. The lowest BCUT2D eigenvalue weighted by molar-refractivity contribution is -0.128. The minimum absolute atomic E-state index is 0.0252. The number of fused-ring (bicyclic) bond motifs is 1. The summed E-state index contributed by atoms with van der Waals surface area (Å²) in [7, 11) is 1.49. The van der Waals surface area contributed by atoms with Gasteiger partial charge in [0.25, 0.3) is 11.9 Å². The van der Waals surface area contributed by atoms with Crippen LogP contribution < -0.4 is 20.3 Å². The summed E-state index contributed by atoms with van der Waals surface area (Å²) in [5.74, 6) is 5.59. The predicted octanol–water partition coefficient (Wildman–Crippen LogP) is 4.81. The summed E-state index contributed by atoms with van der Waals surface area (Å²) in [6.45, 7) is 0. The van der Waals surface area contributed by atoms with Gasteiger partial charge in [-0.15, -0.1) is 0 Å². The van der Waals surface area contributed by atoms with Crippen LogP contribution in [0.3, 0.4) is 0 Å². The van der Waals surface area contributed by atoms with Gasteiger partial charge in [0.1, 0.15) is 18.0 Å². The highest BCUT2D eigenvalue weighted by Crippen LogP contribution is 2.37. The van der Waals surface area contributed by atoms with E-state index in [0.717, 1.165) is 0 Å². The zero-order chi connectivity index (χ0) is 24.1. The van der Waals surface area contributed by atoms with Gasteiger partial charge in [-0.2, -0.15) is 0 Å². The van der Waals surface area contributed by atoms with Crippen LogP contribution in [-0.2, 0) is 4.79 Å². The molecule has 11 heteroatoms. The van der Waals surface area contributed by atoms with Gasteiger partial charge in [-0.3, -0.25) is 10.0 Å². The number of anilines is 2. The van der Waals surface area contributed by atoms with Crippen molar-refractivity contribution in [1.82, 2.24) is 15.4 Å². The monoisotopic (exact) mass is 482 g/mol. The summed E-state index contributed by atoms with van der Waals surface area (Å²) in [4.78, 5) is 19.6. The number of benzene rings is 2. The number of hydroxylamine groups is 1. The van der Waals surface area contributed by atoms with E-state index in [1.165, 1.54) is 37.1 Å². The van der Waals surface area contributed by atoms with Crippen LogP contribution in [0.25, 0.3) is 10.9 Å². The van der Waals surface area contributed by atoms with Crippen molar-refractivity contribution in [2.45, 2.75) is 6.42 Å². The van der Waals surface area contributed by atoms with Crippen molar-refractivity contribution in [3.8, 4) is 29.3 Å². The molecule has 9 nitrogen and oxygen atoms in total. The van der Waals surface area contributed by atoms with E-state index in [1.807, 2.05) is 0 Å². The molecule has 0 atom stereocenters. The van der Waals surface area contributed by atoms with Crippen LogP contribution in [0.1, 0.15) is 12.2 Å². The van der Waals surface area contributed by atoms with Gasteiger partial charge in [0, 0.05) is 23.2 Å². The average molecular weight is 483 g/mol. The maximum atomic E-state index is 13.5. The summed E-state index contributed by atoms with van der Waals surface area (Å²) < 4.78 is 30.3. The van der Waals surface area contributed by atoms with Crippen molar-refractivity contribution in [2.24, 2.45) is 0 Å². The Kier molecular flexibility index (Phi) is 6.77. The van der Waals surface area contributed by atoms with Gasteiger partial charge in [-0.25, -0.2) is 19.8 Å². The molecule has 0 bridgehead atoms. The number of aromatic nitrogens is 2. The quantitative estimate of drug-likeness (QED) is 0.203. The molecule has 0 fully saturated rings. The molecule has 2 aromatic heterocycles. The highest BCUT2D eigenvalue weighted by molar-refractivity contribution is 6.31. The van der Waals surface area contributed by atoms with Crippen molar-refractivity contribution in [3.63, 3.8) is 0 Å². The Bertz CT molecular complexity index is 1430. The molecule has 0 saturated carbocycles. The number of methoxy groups -OCH3 is 1. The molecule has 0 aliphatic heterocycles. The Balaban J connectivity index is 1.63. The van der Waals surface area contributed by atoms with E-state index in [2.05, 4.69) is 27.1 Å². The Morgan fingerprint density at radius 3 is 2.82 bits per heavy atom. The molecule has 0 aliphatic carbocycles. The first-order valence-electron chi connectivity index (χ1n) is 9.71. The highest BCUT2D eigenvalue weighted by atomic mass is 35.5. The van der Waals surface area contributed by atoms with E-state index in [4.69, 9.17) is 30.7 Å². The number of halogens is 2. The minimum Gasteiger partial charge on any atom is -0.493 e. The number of carbonyl (C=O) groups is 1. The van der Waals surface area contributed by atoms with Crippen LogP contribution in [0.5, 0.6) is 17.4 Å². The Morgan fingerprint density at radius 1 is 1.21 bits per heavy atom. The Hall–Kier alpha value is -4.33. The molecule has 1 amide bonds. The molecule has 0 radical (unpaired) electrons. The molecule has 2 aromatic carbocycles. The molecule has 172 valence electrons. The second-order valence-electron chi connectivity index (χ2n) is 6.73. The van der Waals surface area contributed by atoms with Crippen molar-refractivity contribution >= 4 is 39.9 Å². The highest BCUT2D eigenvalue weighted by Gasteiger charge is 2.14. The first-order valence-corrected chi connectivity index (χ1v) is 10.1. The Morgan fingerprint density at radius 2 is 2.06 bits per heavy atom. The summed E-state index contributed by atoms with van der Waals surface area (Å²) in [5, 5.41) is 12.2. The van der Waals surface area contributed by atoms with Gasteiger partial charge in [0.05, 0.1) is 24.1 Å². The maximum absolute atomic E-state index is 13.5. The fraction of sp³-hybridized carbons (Fsp3) is 0.0870. The SMILES string of the molecule is COc1cc2ncnc(Nc3ccc(F)c(Cl)c3)c2cc1Oc1ccc(C#CCC(=O)NO)o1. The standard InChI is InChI=1S/C23H16ClFN4O5/c1-32-19-11-18-15(23(27-12-26-18)28-13-5-7-17(25)16(24)9-13)10-20(19)34-22-8-6-14(33-22)3-2-4-21(30)29-31/h5-12,31H,4H2,1H3,(H,29,30)(H,26,27,28). The van der Waals surface area contributed by atoms with Crippen LogP contribution >= 0.6 is 11.6 Å². The minimum atomic E-state index is -0.633. The number of hydrogen-bond acceptors (Lipinski definition) is 8.